The lowest BCUT2D eigenvalue weighted by Gasteiger charge is -2.35. The molecule has 1 aliphatic rings. The number of para-hydroxylation sites is 1. The van der Waals surface area contributed by atoms with Crippen molar-refractivity contribution >= 4 is 23.4 Å². The highest BCUT2D eigenvalue weighted by atomic mass is 35.5. The molecule has 0 radical (unpaired) electrons. The van der Waals surface area contributed by atoms with Gasteiger partial charge >= 0.3 is 0 Å². The molecule has 3 rings (SSSR count). The summed E-state index contributed by atoms with van der Waals surface area (Å²) in [5.41, 5.74) is 1.40. The number of rotatable bonds is 3. The van der Waals surface area contributed by atoms with Gasteiger partial charge in [-0.15, -0.1) is 0 Å². The molecule has 1 heterocycles. The van der Waals surface area contributed by atoms with Crippen LogP contribution in [0.25, 0.3) is 0 Å². The predicted octanol–water partition coefficient (Wildman–Crippen LogP) is 5.07. The van der Waals surface area contributed by atoms with Crippen LogP contribution >= 0.6 is 11.6 Å². The third-order valence-corrected chi connectivity index (χ3v) is 6.42. The molecule has 2 aromatic rings. The average Bonchev–Trinajstić information content (AvgIpc) is 2.78. The van der Waals surface area contributed by atoms with Gasteiger partial charge in [-0.25, -0.2) is 0 Å². The lowest BCUT2D eigenvalue weighted by molar-refractivity contribution is -0.134. The number of hydrogen-bond donors (Lipinski definition) is 0. The zero-order valence-electron chi connectivity index (χ0n) is 19.2. The first kappa shape index (κ1) is 24.1. The minimum Gasteiger partial charge on any atom is -0.491 e. The van der Waals surface area contributed by atoms with E-state index in [0.717, 1.165) is 24.8 Å². The smallest absolute Gasteiger partial charge is 0.257 e. The monoisotopic (exact) mass is 456 g/mol. The summed E-state index contributed by atoms with van der Waals surface area (Å²) < 4.78 is 6.18. The summed E-state index contributed by atoms with van der Waals surface area (Å²) in [5.74, 6) is 0.776. The Hall–Kier alpha value is -2.53. The minimum atomic E-state index is -0.105. The summed E-state index contributed by atoms with van der Waals surface area (Å²) in [4.78, 5) is 30.1. The summed E-state index contributed by atoms with van der Waals surface area (Å²) in [6, 6.07) is 14.7. The van der Waals surface area contributed by atoms with E-state index in [2.05, 4.69) is 13.8 Å². The van der Waals surface area contributed by atoms with Gasteiger partial charge in [0.2, 0.25) is 5.91 Å². The summed E-state index contributed by atoms with van der Waals surface area (Å²) in [6.45, 7) is 5.88. The number of amides is 2. The lowest BCUT2D eigenvalue weighted by atomic mass is 10.0. The standard InChI is InChI=1S/C26H33ClN2O3/c1-19(2)23-18-32-24-14-8-6-12-21(24)26(31)28(3)15-9-4-10-16-29(23)25(30)17-20-11-5-7-13-22(20)27/h5-8,11-14,19,23H,4,9-10,15-18H2,1-3H3/t23-/m1/s1. The number of benzene rings is 2. The van der Waals surface area contributed by atoms with E-state index in [1.54, 1.807) is 11.0 Å². The number of carbonyl (C=O) groups excluding carboxylic acids is 2. The zero-order valence-corrected chi connectivity index (χ0v) is 20.0. The summed E-state index contributed by atoms with van der Waals surface area (Å²) in [7, 11) is 1.83. The van der Waals surface area contributed by atoms with Crippen LogP contribution in [0, 0.1) is 5.92 Å². The van der Waals surface area contributed by atoms with E-state index >= 15 is 0 Å². The second-order valence-electron chi connectivity index (χ2n) is 8.76. The van der Waals surface area contributed by atoms with Crippen LogP contribution in [0.5, 0.6) is 5.75 Å². The van der Waals surface area contributed by atoms with Crippen LogP contribution in [0.15, 0.2) is 48.5 Å². The summed E-state index contributed by atoms with van der Waals surface area (Å²) in [5, 5.41) is 0.611. The maximum absolute atomic E-state index is 13.4. The van der Waals surface area contributed by atoms with Gasteiger partial charge in [-0.2, -0.15) is 0 Å². The van der Waals surface area contributed by atoms with Crippen molar-refractivity contribution in [2.24, 2.45) is 5.92 Å². The van der Waals surface area contributed by atoms with Crippen LogP contribution in [-0.4, -0.2) is 54.4 Å². The molecule has 1 aliphatic heterocycles. The Morgan fingerprint density at radius 2 is 1.75 bits per heavy atom. The van der Waals surface area contributed by atoms with E-state index in [4.69, 9.17) is 16.3 Å². The fourth-order valence-corrected chi connectivity index (χ4v) is 4.29. The number of halogens is 1. The van der Waals surface area contributed by atoms with Crippen molar-refractivity contribution in [2.45, 2.75) is 45.6 Å². The van der Waals surface area contributed by atoms with Crippen LogP contribution in [0.4, 0.5) is 0 Å². The molecular formula is C26H33ClN2O3. The van der Waals surface area contributed by atoms with Crippen molar-refractivity contribution in [3.63, 3.8) is 0 Å². The summed E-state index contributed by atoms with van der Waals surface area (Å²) >= 11 is 6.32. The quantitative estimate of drug-likeness (QED) is 0.647. The van der Waals surface area contributed by atoms with Crippen molar-refractivity contribution in [3.05, 3.63) is 64.7 Å². The highest BCUT2D eigenvalue weighted by molar-refractivity contribution is 6.31. The first-order valence-electron chi connectivity index (χ1n) is 11.4. The zero-order chi connectivity index (χ0) is 23.1. The molecule has 1 atom stereocenters. The Balaban J connectivity index is 1.87. The van der Waals surface area contributed by atoms with Crippen LogP contribution in [0.1, 0.15) is 49.0 Å². The van der Waals surface area contributed by atoms with E-state index < -0.39 is 0 Å². The van der Waals surface area contributed by atoms with E-state index in [-0.39, 0.29) is 30.2 Å². The molecule has 2 aromatic carbocycles. The van der Waals surface area contributed by atoms with Gasteiger partial charge in [-0.05, 0) is 48.9 Å². The molecule has 2 amide bonds. The third kappa shape index (κ3) is 6.04. The average molecular weight is 457 g/mol. The molecule has 0 spiro atoms. The normalized spacial score (nSPS) is 18.3. The van der Waals surface area contributed by atoms with Gasteiger partial charge in [-0.3, -0.25) is 9.59 Å². The largest absolute Gasteiger partial charge is 0.491 e. The molecule has 0 unspecified atom stereocenters. The Morgan fingerprint density at radius 3 is 2.50 bits per heavy atom. The fourth-order valence-electron chi connectivity index (χ4n) is 4.08. The number of nitrogens with zero attached hydrogens (tertiary/aromatic N) is 2. The first-order chi connectivity index (χ1) is 15.4. The Kier molecular flexibility index (Phi) is 8.57. The Morgan fingerprint density at radius 1 is 1.06 bits per heavy atom. The van der Waals surface area contributed by atoms with Crippen LogP contribution < -0.4 is 4.74 Å². The Labute approximate surface area is 196 Å². The molecule has 5 nitrogen and oxygen atoms in total. The Bertz CT molecular complexity index is 931. The molecular weight excluding hydrogens is 424 g/mol. The van der Waals surface area contributed by atoms with Gasteiger partial charge in [0.25, 0.3) is 5.91 Å². The molecule has 0 aliphatic carbocycles. The van der Waals surface area contributed by atoms with Crippen molar-refractivity contribution in [2.75, 3.05) is 26.7 Å². The molecule has 0 bridgehead atoms. The molecule has 0 saturated heterocycles. The molecule has 32 heavy (non-hydrogen) atoms. The second kappa shape index (κ2) is 11.4. The van der Waals surface area contributed by atoms with Crippen LogP contribution in [-0.2, 0) is 11.2 Å². The maximum atomic E-state index is 13.4. The molecule has 0 fully saturated rings. The fraction of sp³-hybridized carbons (Fsp3) is 0.462. The van der Waals surface area contributed by atoms with Crippen molar-refractivity contribution in [1.82, 2.24) is 9.80 Å². The first-order valence-corrected chi connectivity index (χ1v) is 11.8. The van der Waals surface area contributed by atoms with Gasteiger partial charge in [0.05, 0.1) is 18.0 Å². The van der Waals surface area contributed by atoms with Gasteiger partial charge < -0.3 is 14.5 Å². The highest BCUT2D eigenvalue weighted by Gasteiger charge is 2.28. The number of hydrogen-bond acceptors (Lipinski definition) is 3. The van der Waals surface area contributed by atoms with E-state index in [9.17, 15) is 9.59 Å². The van der Waals surface area contributed by atoms with Crippen molar-refractivity contribution in [1.29, 1.82) is 0 Å². The molecule has 0 N–H and O–H groups in total. The molecule has 0 aromatic heterocycles. The minimum absolute atomic E-state index is 0.0346. The van der Waals surface area contributed by atoms with Crippen molar-refractivity contribution in [3.8, 4) is 5.75 Å². The van der Waals surface area contributed by atoms with Crippen LogP contribution in [0.3, 0.4) is 0 Å². The van der Waals surface area contributed by atoms with Gasteiger partial charge in [0.1, 0.15) is 12.4 Å². The highest BCUT2D eigenvalue weighted by Crippen LogP contribution is 2.24. The van der Waals surface area contributed by atoms with E-state index in [0.29, 0.717) is 36.0 Å². The third-order valence-electron chi connectivity index (χ3n) is 6.06. The predicted molar refractivity (Wildman–Crippen MR) is 128 cm³/mol. The second-order valence-corrected chi connectivity index (χ2v) is 9.17. The molecule has 6 heteroatoms. The maximum Gasteiger partial charge on any atom is 0.257 e. The van der Waals surface area contributed by atoms with Gasteiger partial charge in [-0.1, -0.05) is 55.8 Å². The van der Waals surface area contributed by atoms with Gasteiger partial charge in [0.15, 0.2) is 0 Å². The molecule has 0 saturated carbocycles. The number of carbonyl (C=O) groups is 2. The number of ether oxygens (including phenoxy) is 1. The van der Waals surface area contributed by atoms with Crippen LogP contribution in [0.2, 0.25) is 5.02 Å². The lowest BCUT2D eigenvalue weighted by Crippen LogP contribution is -2.47. The number of fused-ring (bicyclic) bond motifs is 1. The van der Waals surface area contributed by atoms with Crippen molar-refractivity contribution < 1.29 is 14.3 Å². The SMILES string of the molecule is CC(C)[C@H]1COc2ccccc2C(=O)N(C)CCCCCN1C(=O)Cc1ccccc1Cl. The molecule has 172 valence electrons. The van der Waals surface area contributed by atoms with Gasteiger partial charge in [0, 0.05) is 25.2 Å². The summed E-state index contributed by atoms with van der Waals surface area (Å²) in [6.07, 6.45) is 2.98. The van der Waals surface area contributed by atoms with E-state index in [1.165, 1.54) is 0 Å². The topological polar surface area (TPSA) is 49.9 Å². The van der Waals surface area contributed by atoms with E-state index in [1.807, 2.05) is 54.4 Å².